The summed E-state index contributed by atoms with van der Waals surface area (Å²) in [5.41, 5.74) is 2.86. The number of hydrogen-bond donors (Lipinski definition) is 1. The van der Waals surface area contributed by atoms with Gasteiger partial charge in [-0.15, -0.1) is 0 Å². The van der Waals surface area contributed by atoms with E-state index in [0.29, 0.717) is 5.41 Å². The third-order valence-electron chi connectivity index (χ3n) is 7.22. The van der Waals surface area contributed by atoms with Crippen molar-refractivity contribution in [2.24, 2.45) is 11.3 Å². The molecule has 26 heavy (non-hydrogen) atoms. The molecule has 1 aromatic carbocycles. The number of carboxylic acid groups (broad SMARTS) is 1. The predicted octanol–water partition coefficient (Wildman–Crippen LogP) is 3.99. The monoisotopic (exact) mass is 355 g/mol. The highest BCUT2D eigenvalue weighted by Crippen LogP contribution is 2.46. The van der Waals surface area contributed by atoms with E-state index in [1.165, 1.54) is 31.2 Å². The van der Waals surface area contributed by atoms with Gasteiger partial charge in [-0.1, -0.05) is 37.1 Å². The van der Waals surface area contributed by atoms with Crippen molar-refractivity contribution in [3.05, 3.63) is 35.4 Å². The maximum absolute atomic E-state index is 12.8. The van der Waals surface area contributed by atoms with E-state index in [1.807, 2.05) is 23.1 Å². The van der Waals surface area contributed by atoms with Crippen LogP contribution >= 0.6 is 0 Å². The summed E-state index contributed by atoms with van der Waals surface area (Å²) < 4.78 is 0. The Bertz CT molecular complexity index is 682. The molecule has 4 heteroatoms. The number of fused-ring (bicyclic) bond motifs is 1. The van der Waals surface area contributed by atoms with E-state index in [4.69, 9.17) is 0 Å². The van der Waals surface area contributed by atoms with E-state index >= 15 is 0 Å². The summed E-state index contributed by atoms with van der Waals surface area (Å²) in [4.78, 5) is 26.7. The van der Waals surface area contributed by atoms with Crippen molar-refractivity contribution >= 4 is 11.9 Å². The van der Waals surface area contributed by atoms with Crippen molar-refractivity contribution < 1.29 is 14.7 Å². The molecule has 1 spiro atoms. The predicted molar refractivity (Wildman–Crippen MR) is 100.0 cm³/mol. The van der Waals surface area contributed by atoms with Gasteiger partial charge in [0.15, 0.2) is 0 Å². The summed E-state index contributed by atoms with van der Waals surface area (Å²) in [6.07, 6.45) is 9.38. The van der Waals surface area contributed by atoms with Crippen LogP contribution in [0.2, 0.25) is 0 Å². The van der Waals surface area contributed by atoms with E-state index < -0.39 is 11.9 Å². The fraction of sp³-hybridized carbons (Fsp3) is 0.636. The van der Waals surface area contributed by atoms with Gasteiger partial charge in [0.1, 0.15) is 0 Å². The van der Waals surface area contributed by atoms with Crippen molar-refractivity contribution in [3.8, 4) is 0 Å². The highest BCUT2D eigenvalue weighted by molar-refractivity contribution is 5.83. The van der Waals surface area contributed by atoms with Crippen molar-refractivity contribution in [1.29, 1.82) is 0 Å². The first kappa shape index (κ1) is 17.6. The normalized spacial score (nSPS) is 25.2. The lowest BCUT2D eigenvalue weighted by atomic mass is 9.77. The smallest absolute Gasteiger partial charge is 0.307 e. The summed E-state index contributed by atoms with van der Waals surface area (Å²) in [6, 6.07) is 8.11. The zero-order valence-corrected chi connectivity index (χ0v) is 15.5. The molecule has 1 heterocycles. The van der Waals surface area contributed by atoms with Crippen molar-refractivity contribution in [3.63, 3.8) is 0 Å². The van der Waals surface area contributed by atoms with Crippen LogP contribution in [0.5, 0.6) is 0 Å². The Morgan fingerprint density at radius 1 is 1.12 bits per heavy atom. The van der Waals surface area contributed by atoms with E-state index in [9.17, 15) is 14.7 Å². The average Bonchev–Trinajstić information content (AvgIpc) is 3.27. The van der Waals surface area contributed by atoms with Crippen molar-refractivity contribution in [2.75, 3.05) is 13.1 Å². The molecule has 2 atom stereocenters. The van der Waals surface area contributed by atoms with Crippen molar-refractivity contribution in [2.45, 2.75) is 63.7 Å². The summed E-state index contributed by atoms with van der Waals surface area (Å²) in [7, 11) is 0. The second kappa shape index (κ2) is 7.05. The number of aryl methyl sites for hydroxylation is 1. The van der Waals surface area contributed by atoms with Gasteiger partial charge >= 0.3 is 5.97 Å². The van der Waals surface area contributed by atoms with Crippen LogP contribution in [0, 0.1) is 11.3 Å². The molecule has 0 radical (unpaired) electrons. The van der Waals surface area contributed by atoms with Gasteiger partial charge in [-0.2, -0.15) is 0 Å². The average molecular weight is 355 g/mol. The molecular weight excluding hydrogens is 326 g/mol. The first-order valence-corrected chi connectivity index (χ1v) is 10.2. The summed E-state index contributed by atoms with van der Waals surface area (Å²) in [5.74, 6) is -1.42. The number of hydrogen-bond acceptors (Lipinski definition) is 2. The number of likely N-dealkylation sites (tertiary alicyclic amines) is 1. The van der Waals surface area contributed by atoms with Crippen LogP contribution in [0.1, 0.15) is 68.4 Å². The standard InChI is InChI=1S/C22H29NO3/c24-20(23-13-11-22(12-14-23)9-3-4-10-22)15-19(21(25)26)18-8-7-16-5-1-2-6-17(16)18/h1-2,5-6,18-19H,3-4,7-15H2,(H,25,26)/t18-,19-/m1/s1. The summed E-state index contributed by atoms with van der Waals surface area (Å²) in [5, 5.41) is 9.80. The number of nitrogens with zero attached hydrogens (tertiary/aromatic N) is 1. The molecule has 1 saturated heterocycles. The maximum Gasteiger partial charge on any atom is 0.307 e. The van der Waals surface area contributed by atoms with Crippen LogP contribution in [0.25, 0.3) is 0 Å². The molecule has 140 valence electrons. The quantitative estimate of drug-likeness (QED) is 0.888. The van der Waals surface area contributed by atoms with Gasteiger partial charge in [0.2, 0.25) is 5.91 Å². The number of piperidine rings is 1. The highest BCUT2D eigenvalue weighted by atomic mass is 16.4. The first-order chi connectivity index (χ1) is 12.6. The van der Waals surface area contributed by atoms with E-state index in [0.717, 1.165) is 44.3 Å². The lowest BCUT2D eigenvalue weighted by molar-refractivity contribution is -0.147. The third kappa shape index (κ3) is 3.26. The van der Waals surface area contributed by atoms with Crippen LogP contribution in [0.3, 0.4) is 0 Å². The fourth-order valence-corrected chi connectivity index (χ4v) is 5.58. The molecule has 4 rings (SSSR count). The van der Waals surface area contributed by atoms with Crippen LogP contribution in [-0.2, 0) is 16.0 Å². The SMILES string of the molecule is O=C(O)[C@H](CC(=O)N1CCC2(CCCC2)CC1)[C@@H]1CCc2ccccc21. The van der Waals surface area contributed by atoms with Gasteiger partial charge in [-0.25, -0.2) is 0 Å². The van der Waals surface area contributed by atoms with E-state index in [-0.39, 0.29) is 18.2 Å². The molecule has 2 aliphatic carbocycles. The fourth-order valence-electron chi connectivity index (χ4n) is 5.58. The van der Waals surface area contributed by atoms with Crippen molar-refractivity contribution in [1.82, 2.24) is 4.90 Å². The zero-order chi connectivity index (χ0) is 18.1. The Morgan fingerprint density at radius 3 is 2.50 bits per heavy atom. The van der Waals surface area contributed by atoms with Gasteiger partial charge in [0.05, 0.1) is 5.92 Å². The number of amides is 1. The molecule has 1 aromatic rings. The van der Waals surface area contributed by atoms with Crippen LogP contribution in [0.15, 0.2) is 24.3 Å². The number of rotatable bonds is 4. The Kier molecular flexibility index (Phi) is 4.76. The first-order valence-electron chi connectivity index (χ1n) is 10.2. The molecule has 3 aliphatic rings. The van der Waals surface area contributed by atoms with E-state index in [2.05, 4.69) is 6.07 Å². The Morgan fingerprint density at radius 2 is 1.81 bits per heavy atom. The molecule has 0 unspecified atom stereocenters. The van der Waals surface area contributed by atoms with Crippen LogP contribution in [0.4, 0.5) is 0 Å². The molecule has 4 nitrogen and oxygen atoms in total. The van der Waals surface area contributed by atoms with Gasteiger partial charge in [0.25, 0.3) is 0 Å². The third-order valence-corrected chi connectivity index (χ3v) is 7.22. The van der Waals surface area contributed by atoms with Gasteiger partial charge in [0, 0.05) is 19.5 Å². The Labute approximate surface area is 155 Å². The largest absolute Gasteiger partial charge is 0.481 e. The highest BCUT2D eigenvalue weighted by Gasteiger charge is 2.40. The minimum absolute atomic E-state index is 0.0291. The lowest BCUT2D eigenvalue weighted by Gasteiger charge is -2.40. The summed E-state index contributed by atoms with van der Waals surface area (Å²) >= 11 is 0. The topological polar surface area (TPSA) is 57.6 Å². The van der Waals surface area contributed by atoms with E-state index in [1.54, 1.807) is 0 Å². The number of carbonyl (C=O) groups is 2. The lowest BCUT2D eigenvalue weighted by Crippen LogP contribution is -2.43. The zero-order valence-electron chi connectivity index (χ0n) is 15.5. The minimum atomic E-state index is -0.829. The minimum Gasteiger partial charge on any atom is -0.481 e. The maximum atomic E-state index is 12.8. The van der Waals surface area contributed by atoms with Gasteiger partial charge in [-0.05, 0) is 61.0 Å². The Balaban J connectivity index is 1.41. The Hall–Kier alpha value is -1.84. The molecule has 0 bridgehead atoms. The molecule has 2 fully saturated rings. The molecule has 1 N–H and O–H groups in total. The number of carboxylic acids is 1. The molecular formula is C22H29NO3. The molecule has 1 amide bonds. The number of carbonyl (C=O) groups excluding carboxylic acids is 1. The summed E-state index contributed by atoms with van der Waals surface area (Å²) in [6.45, 7) is 1.62. The van der Waals surface area contributed by atoms with Crippen LogP contribution < -0.4 is 0 Å². The molecule has 1 saturated carbocycles. The van der Waals surface area contributed by atoms with Gasteiger partial charge < -0.3 is 10.0 Å². The second-order valence-corrected chi connectivity index (χ2v) is 8.58. The van der Waals surface area contributed by atoms with Crippen LogP contribution in [-0.4, -0.2) is 35.0 Å². The second-order valence-electron chi connectivity index (χ2n) is 8.58. The molecule has 1 aliphatic heterocycles. The number of benzene rings is 1. The molecule has 0 aromatic heterocycles. The van der Waals surface area contributed by atoms with Gasteiger partial charge in [-0.3, -0.25) is 9.59 Å². The number of aliphatic carboxylic acids is 1.